The lowest BCUT2D eigenvalue weighted by Gasteiger charge is -2.35. The molecule has 16 heteroatoms. The van der Waals surface area contributed by atoms with Crippen molar-refractivity contribution >= 4 is 83.8 Å². The van der Waals surface area contributed by atoms with Crippen molar-refractivity contribution in [1.82, 2.24) is 31.5 Å². The maximum Gasteiger partial charge on any atom is 0.263 e. The van der Waals surface area contributed by atoms with E-state index in [1.165, 1.54) is 34.8 Å². The number of hydrogen-bond acceptors (Lipinski definition) is 11. The molecule has 0 saturated heterocycles. The van der Waals surface area contributed by atoms with Gasteiger partial charge in [0.2, 0.25) is 5.91 Å². The number of hydrogen-bond donors (Lipinski definition) is 8. The van der Waals surface area contributed by atoms with E-state index >= 15 is 0 Å². The standard InChI is InChI=1S/C42H48N8O6S2/c1-4-33(51)47-27-8-6-9-28(27)48-39(53)22-12-14-32-26(16-22)36-38(58-32)42(56)46-24(19-44-36)20-50(34(52)5-2)30-11-7-10-29(30)49-40(54)23-13-15-31-25(17-23)35-37(57-31)41(55)45-21(3)18-43-35/h4-5,12-17,21,24,27-30,33,43-44,47,51H,1-2,6-11,18-20H2,3H3,(H,45,55)(H,46,56)(H,48,53)(H,49,54)/t21-,24+,27+,28-,29+,30+,33?/m1/s1. The first kappa shape index (κ1) is 39.5. The third kappa shape index (κ3) is 7.80. The zero-order chi connectivity index (χ0) is 40.7. The summed E-state index contributed by atoms with van der Waals surface area (Å²) in [5.41, 5.74) is 2.30. The van der Waals surface area contributed by atoms with Crippen molar-refractivity contribution in [3.63, 3.8) is 0 Å². The summed E-state index contributed by atoms with van der Waals surface area (Å²) in [5, 5.41) is 33.9. The van der Waals surface area contributed by atoms with Gasteiger partial charge >= 0.3 is 0 Å². The molecular formula is C42H48N8O6S2. The van der Waals surface area contributed by atoms with Crippen LogP contribution in [0.2, 0.25) is 0 Å². The minimum absolute atomic E-state index is 0.0317. The van der Waals surface area contributed by atoms with Crippen LogP contribution in [0.5, 0.6) is 0 Å². The van der Waals surface area contributed by atoms with Crippen LogP contribution in [-0.4, -0.2) is 102 Å². The van der Waals surface area contributed by atoms with Gasteiger partial charge in [-0.2, -0.15) is 0 Å². The largest absolute Gasteiger partial charge is 0.381 e. The molecule has 2 saturated carbocycles. The van der Waals surface area contributed by atoms with E-state index in [4.69, 9.17) is 0 Å². The molecule has 2 aromatic heterocycles. The fourth-order valence-electron chi connectivity index (χ4n) is 8.73. The van der Waals surface area contributed by atoms with E-state index in [1.54, 1.807) is 23.1 Å². The average Bonchev–Trinajstić information content (AvgIpc) is 3.99. The number of nitrogens with zero attached hydrogens (tertiary/aromatic N) is 1. The Morgan fingerprint density at radius 3 is 2.03 bits per heavy atom. The molecule has 0 radical (unpaired) electrons. The van der Waals surface area contributed by atoms with Crippen molar-refractivity contribution in [2.75, 3.05) is 30.3 Å². The molecule has 4 aromatic rings. The monoisotopic (exact) mass is 824 g/mol. The summed E-state index contributed by atoms with van der Waals surface area (Å²) in [5.74, 6) is -1.20. The number of aliphatic hydroxyl groups is 1. The number of aliphatic hydroxyl groups excluding tert-OH is 1. The van der Waals surface area contributed by atoms with Crippen LogP contribution < -0.4 is 37.2 Å². The zero-order valence-corrected chi connectivity index (χ0v) is 33.8. The molecule has 58 heavy (non-hydrogen) atoms. The lowest BCUT2D eigenvalue weighted by molar-refractivity contribution is -0.129. The number of carbonyl (C=O) groups excluding carboxylic acids is 5. The number of nitrogens with one attached hydrogen (secondary N) is 7. The molecular weight excluding hydrogens is 777 g/mol. The first-order chi connectivity index (χ1) is 28.0. The number of rotatable bonds is 11. The number of amides is 5. The first-order valence-electron chi connectivity index (χ1n) is 19.8. The van der Waals surface area contributed by atoms with Gasteiger partial charge in [-0.1, -0.05) is 13.2 Å². The van der Waals surface area contributed by atoms with E-state index < -0.39 is 12.3 Å². The Morgan fingerprint density at radius 2 is 1.40 bits per heavy atom. The molecule has 8 rings (SSSR count). The zero-order valence-electron chi connectivity index (χ0n) is 32.2. The second kappa shape index (κ2) is 16.5. The van der Waals surface area contributed by atoms with Gasteiger partial charge in [-0.05, 0) is 94.0 Å². The van der Waals surface area contributed by atoms with Crippen molar-refractivity contribution in [1.29, 1.82) is 0 Å². The minimum Gasteiger partial charge on any atom is -0.381 e. The summed E-state index contributed by atoms with van der Waals surface area (Å²) in [4.78, 5) is 70.1. The molecule has 2 aliphatic heterocycles. The molecule has 4 heterocycles. The number of fused-ring (bicyclic) bond motifs is 6. The smallest absolute Gasteiger partial charge is 0.263 e. The summed E-state index contributed by atoms with van der Waals surface area (Å²) < 4.78 is 1.76. The van der Waals surface area contributed by atoms with Crippen LogP contribution in [0.1, 0.15) is 85.5 Å². The van der Waals surface area contributed by atoms with Crippen molar-refractivity contribution in [2.45, 2.75) is 87.9 Å². The van der Waals surface area contributed by atoms with Crippen LogP contribution in [-0.2, 0) is 4.79 Å². The summed E-state index contributed by atoms with van der Waals surface area (Å²) in [7, 11) is 0. The van der Waals surface area contributed by atoms with Crippen molar-refractivity contribution in [3.8, 4) is 0 Å². The van der Waals surface area contributed by atoms with Gasteiger partial charge in [0.05, 0.1) is 23.5 Å². The molecule has 0 spiro atoms. The van der Waals surface area contributed by atoms with Gasteiger partial charge in [0.1, 0.15) is 16.0 Å². The maximum absolute atomic E-state index is 13.8. The van der Waals surface area contributed by atoms with Gasteiger partial charge in [0.25, 0.3) is 23.6 Å². The second-order valence-corrected chi connectivity index (χ2v) is 17.7. The van der Waals surface area contributed by atoms with Crippen molar-refractivity contribution in [2.24, 2.45) is 0 Å². The molecule has 2 aliphatic carbocycles. The summed E-state index contributed by atoms with van der Waals surface area (Å²) in [6.45, 7) is 10.4. The Kier molecular flexibility index (Phi) is 11.3. The number of benzene rings is 2. The quantitative estimate of drug-likeness (QED) is 0.0619. The molecule has 2 fully saturated rings. The van der Waals surface area contributed by atoms with Crippen LogP contribution in [0, 0.1) is 0 Å². The van der Waals surface area contributed by atoms with E-state index in [9.17, 15) is 29.1 Å². The Morgan fingerprint density at radius 1 is 0.828 bits per heavy atom. The second-order valence-electron chi connectivity index (χ2n) is 15.6. The lowest BCUT2D eigenvalue weighted by atomic mass is 10.1. The summed E-state index contributed by atoms with van der Waals surface area (Å²) in [6.07, 6.45) is 6.52. The van der Waals surface area contributed by atoms with Crippen LogP contribution in [0.15, 0.2) is 61.7 Å². The predicted molar refractivity (Wildman–Crippen MR) is 228 cm³/mol. The molecule has 7 atom stereocenters. The lowest BCUT2D eigenvalue weighted by Crippen LogP contribution is -2.55. The highest BCUT2D eigenvalue weighted by atomic mass is 32.1. The maximum atomic E-state index is 13.8. The Hall–Kier alpha value is -5.29. The topological polar surface area (TPSA) is 193 Å². The van der Waals surface area contributed by atoms with Gasteiger partial charge in [-0.15, -0.1) is 22.7 Å². The molecule has 1 unspecified atom stereocenters. The molecule has 0 bridgehead atoms. The Bertz CT molecular complexity index is 2320. The van der Waals surface area contributed by atoms with Gasteiger partial charge in [-0.25, -0.2) is 0 Å². The highest BCUT2D eigenvalue weighted by Crippen LogP contribution is 2.39. The molecule has 4 aliphatic rings. The average molecular weight is 825 g/mol. The highest BCUT2D eigenvalue weighted by molar-refractivity contribution is 7.22. The van der Waals surface area contributed by atoms with E-state index in [-0.39, 0.29) is 66.3 Å². The van der Waals surface area contributed by atoms with Gasteiger partial charge < -0.3 is 41.9 Å². The molecule has 14 nitrogen and oxygen atoms in total. The van der Waals surface area contributed by atoms with E-state index in [1.807, 2.05) is 25.1 Å². The van der Waals surface area contributed by atoms with Gasteiger partial charge in [0, 0.05) is 75.1 Å². The molecule has 304 valence electrons. The predicted octanol–water partition coefficient (Wildman–Crippen LogP) is 4.29. The molecule has 2 aromatic carbocycles. The van der Waals surface area contributed by atoms with Gasteiger partial charge in [-0.3, -0.25) is 29.3 Å². The SMILES string of the molecule is C=CC(=O)N(C[C@@H]1CNc2c(sc3ccc(C(=O)N[C@@H]4CCC[C@@H]4NC(O)C=C)cc23)C(=O)N1)[C@H]1CCC[C@@H]1NC(=O)c1ccc2sc3c(c2c1)NC[C@@H](C)NC3=O. The van der Waals surface area contributed by atoms with E-state index in [0.717, 1.165) is 51.5 Å². The van der Waals surface area contributed by atoms with Crippen LogP contribution in [0.3, 0.4) is 0 Å². The third-order valence-corrected chi connectivity index (χ3v) is 14.0. The van der Waals surface area contributed by atoms with Crippen LogP contribution >= 0.6 is 22.7 Å². The molecule has 5 amide bonds. The fourth-order valence-corrected chi connectivity index (χ4v) is 10.9. The number of carbonyl (C=O) groups is 5. The Balaban J connectivity index is 0.953. The van der Waals surface area contributed by atoms with E-state index in [2.05, 4.69) is 50.4 Å². The summed E-state index contributed by atoms with van der Waals surface area (Å²) >= 11 is 2.72. The highest BCUT2D eigenvalue weighted by Gasteiger charge is 2.38. The molecule has 8 N–H and O–H groups in total. The number of thiophene rings is 2. The third-order valence-electron chi connectivity index (χ3n) is 11.6. The first-order valence-corrected chi connectivity index (χ1v) is 21.5. The Labute approximate surface area is 343 Å². The van der Waals surface area contributed by atoms with Crippen molar-refractivity contribution in [3.05, 3.63) is 82.6 Å². The van der Waals surface area contributed by atoms with Crippen LogP contribution in [0.25, 0.3) is 20.2 Å². The van der Waals surface area contributed by atoms with Crippen molar-refractivity contribution < 1.29 is 29.1 Å². The van der Waals surface area contributed by atoms with Crippen LogP contribution in [0.4, 0.5) is 11.4 Å². The van der Waals surface area contributed by atoms with Gasteiger partial charge in [0.15, 0.2) is 0 Å². The number of anilines is 2. The normalized spacial score (nSPS) is 24.5. The fraction of sp³-hybridized carbons (Fsp3) is 0.405. The van der Waals surface area contributed by atoms with E-state index in [0.29, 0.717) is 52.5 Å². The summed E-state index contributed by atoms with van der Waals surface area (Å²) in [6, 6.07) is 9.48. The minimum atomic E-state index is -0.854.